The molecular weight excluding hydrogens is 210 g/mol. The Morgan fingerprint density at radius 2 is 2.31 bits per heavy atom. The fraction of sp³-hybridized carbons (Fsp3) is 0.0909. The molecule has 5 nitrogen and oxygen atoms in total. The molecule has 82 valence electrons. The second-order valence-corrected chi connectivity index (χ2v) is 3.09. The lowest BCUT2D eigenvalue weighted by Crippen LogP contribution is -2.00. The quantitative estimate of drug-likeness (QED) is 0.855. The van der Waals surface area contributed by atoms with Crippen molar-refractivity contribution in [3.63, 3.8) is 0 Å². The molecule has 0 bridgehead atoms. The summed E-state index contributed by atoms with van der Waals surface area (Å²) in [5, 5.41) is 8.99. The minimum Gasteiger partial charge on any atom is -0.496 e. The number of methoxy groups -OCH3 is 1. The summed E-state index contributed by atoms with van der Waals surface area (Å²) in [7, 11) is 1.43. The van der Waals surface area contributed by atoms with Crippen molar-refractivity contribution in [2.75, 3.05) is 7.11 Å². The zero-order valence-corrected chi connectivity index (χ0v) is 8.51. The smallest absolute Gasteiger partial charge is 0.339 e. The van der Waals surface area contributed by atoms with Crippen molar-refractivity contribution in [3.8, 4) is 17.0 Å². The highest BCUT2D eigenvalue weighted by molar-refractivity contribution is 5.92. The summed E-state index contributed by atoms with van der Waals surface area (Å²) in [5.41, 5.74) is 1.36. The molecule has 0 aliphatic carbocycles. The van der Waals surface area contributed by atoms with Crippen LogP contribution < -0.4 is 4.74 Å². The number of benzene rings is 1. The van der Waals surface area contributed by atoms with Crippen LogP contribution in [0.25, 0.3) is 11.3 Å². The lowest BCUT2D eigenvalue weighted by Gasteiger charge is -2.05. The minimum absolute atomic E-state index is 0.100. The summed E-state index contributed by atoms with van der Waals surface area (Å²) in [5.74, 6) is -0.720. The Hall–Kier alpha value is -2.30. The topological polar surface area (TPSA) is 72.6 Å². The Bertz CT molecular complexity index is 505. The SMILES string of the molecule is COc1ccc(-c2cocn2)cc1C(=O)O. The van der Waals surface area contributed by atoms with Crippen LogP contribution in [0, 0.1) is 0 Å². The molecule has 0 amide bonds. The van der Waals surface area contributed by atoms with Gasteiger partial charge in [-0.1, -0.05) is 0 Å². The van der Waals surface area contributed by atoms with Gasteiger partial charge < -0.3 is 14.3 Å². The standard InChI is InChI=1S/C11H9NO4/c1-15-10-3-2-7(4-8(10)11(13)14)9-5-16-6-12-9/h2-6H,1H3,(H,13,14). The molecule has 0 saturated carbocycles. The first-order valence-electron chi connectivity index (χ1n) is 4.52. The zero-order valence-electron chi connectivity index (χ0n) is 8.51. The van der Waals surface area contributed by atoms with Gasteiger partial charge in [0.1, 0.15) is 23.3 Å². The van der Waals surface area contributed by atoms with Crippen LogP contribution in [0.5, 0.6) is 5.75 Å². The van der Waals surface area contributed by atoms with Gasteiger partial charge >= 0.3 is 5.97 Å². The zero-order chi connectivity index (χ0) is 11.5. The number of oxazole rings is 1. The number of aromatic carboxylic acids is 1. The van der Waals surface area contributed by atoms with Gasteiger partial charge in [-0.05, 0) is 18.2 Å². The summed E-state index contributed by atoms with van der Waals surface area (Å²) in [6, 6.07) is 4.82. The monoisotopic (exact) mass is 219 g/mol. The fourth-order valence-corrected chi connectivity index (χ4v) is 1.39. The lowest BCUT2D eigenvalue weighted by molar-refractivity contribution is 0.0693. The number of nitrogens with zero attached hydrogens (tertiary/aromatic N) is 1. The summed E-state index contributed by atoms with van der Waals surface area (Å²) in [4.78, 5) is 14.9. The van der Waals surface area contributed by atoms with Crippen molar-refractivity contribution in [2.24, 2.45) is 0 Å². The number of aromatic nitrogens is 1. The highest BCUT2D eigenvalue weighted by atomic mass is 16.5. The number of rotatable bonds is 3. The maximum atomic E-state index is 11.0. The third-order valence-corrected chi connectivity index (χ3v) is 2.16. The second kappa shape index (κ2) is 4.06. The molecule has 0 unspecified atom stereocenters. The van der Waals surface area contributed by atoms with E-state index >= 15 is 0 Å². The van der Waals surface area contributed by atoms with Crippen molar-refractivity contribution in [3.05, 3.63) is 36.4 Å². The summed E-state index contributed by atoms with van der Waals surface area (Å²) < 4.78 is 9.79. The maximum absolute atomic E-state index is 11.0. The van der Waals surface area contributed by atoms with E-state index in [4.69, 9.17) is 14.3 Å². The maximum Gasteiger partial charge on any atom is 0.339 e. The first kappa shape index (κ1) is 10.2. The molecule has 1 aromatic carbocycles. The molecule has 0 aliphatic heterocycles. The highest BCUT2D eigenvalue weighted by Gasteiger charge is 2.13. The van der Waals surface area contributed by atoms with E-state index in [9.17, 15) is 4.79 Å². The van der Waals surface area contributed by atoms with E-state index in [0.717, 1.165) is 0 Å². The molecule has 16 heavy (non-hydrogen) atoms. The normalized spacial score (nSPS) is 10.1. The van der Waals surface area contributed by atoms with Crippen LogP contribution in [0.2, 0.25) is 0 Å². The largest absolute Gasteiger partial charge is 0.496 e. The van der Waals surface area contributed by atoms with Crippen LogP contribution in [0.15, 0.2) is 35.3 Å². The first-order chi connectivity index (χ1) is 7.72. The molecule has 1 aromatic heterocycles. The second-order valence-electron chi connectivity index (χ2n) is 3.09. The predicted octanol–water partition coefficient (Wildman–Crippen LogP) is 2.05. The van der Waals surface area contributed by atoms with Gasteiger partial charge in [0.25, 0.3) is 0 Å². The molecule has 0 radical (unpaired) electrons. The van der Waals surface area contributed by atoms with Gasteiger partial charge in [-0.2, -0.15) is 0 Å². The van der Waals surface area contributed by atoms with E-state index in [1.807, 2.05) is 0 Å². The highest BCUT2D eigenvalue weighted by Crippen LogP contribution is 2.25. The molecule has 0 saturated heterocycles. The Labute approximate surface area is 91.3 Å². The van der Waals surface area contributed by atoms with Crippen molar-refractivity contribution in [2.45, 2.75) is 0 Å². The summed E-state index contributed by atoms with van der Waals surface area (Å²) >= 11 is 0. The molecule has 0 spiro atoms. The van der Waals surface area contributed by atoms with Crippen LogP contribution >= 0.6 is 0 Å². The molecule has 0 aliphatic rings. The average molecular weight is 219 g/mol. The predicted molar refractivity (Wildman–Crippen MR) is 55.5 cm³/mol. The number of carboxylic acid groups (broad SMARTS) is 1. The summed E-state index contributed by atoms with van der Waals surface area (Å²) in [6.45, 7) is 0. The van der Waals surface area contributed by atoms with Crippen LogP contribution in [0.4, 0.5) is 0 Å². The Morgan fingerprint density at radius 1 is 1.50 bits per heavy atom. The molecule has 2 aromatic rings. The van der Waals surface area contributed by atoms with Crippen molar-refractivity contribution in [1.82, 2.24) is 4.98 Å². The van der Waals surface area contributed by atoms with E-state index in [1.54, 1.807) is 12.1 Å². The van der Waals surface area contributed by atoms with E-state index in [1.165, 1.54) is 25.8 Å². The van der Waals surface area contributed by atoms with E-state index in [-0.39, 0.29) is 5.56 Å². The van der Waals surface area contributed by atoms with Gasteiger partial charge in [0.05, 0.1) is 7.11 Å². The Morgan fingerprint density at radius 3 is 2.88 bits per heavy atom. The van der Waals surface area contributed by atoms with Crippen molar-refractivity contribution < 1.29 is 19.1 Å². The van der Waals surface area contributed by atoms with E-state index in [2.05, 4.69) is 4.98 Å². The molecule has 2 rings (SSSR count). The van der Waals surface area contributed by atoms with Crippen molar-refractivity contribution >= 4 is 5.97 Å². The molecule has 1 heterocycles. The van der Waals surface area contributed by atoms with Gasteiger partial charge in [0, 0.05) is 5.56 Å². The average Bonchev–Trinajstić information content (AvgIpc) is 2.81. The van der Waals surface area contributed by atoms with Crippen LogP contribution in [0.1, 0.15) is 10.4 Å². The van der Waals surface area contributed by atoms with Crippen LogP contribution in [-0.2, 0) is 0 Å². The Kier molecular flexibility index (Phi) is 2.59. The fourth-order valence-electron chi connectivity index (χ4n) is 1.39. The number of carboxylic acids is 1. The molecule has 5 heteroatoms. The molecule has 0 atom stereocenters. The first-order valence-corrected chi connectivity index (χ1v) is 4.52. The van der Waals surface area contributed by atoms with Gasteiger partial charge in [-0.15, -0.1) is 0 Å². The van der Waals surface area contributed by atoms with E-state index < -0.39 is 5.97 Å². The van der Waals surface area contributed by atoms with Crippen LogP contribution in [-0.4, -0.2) is 23.2 Å². The van der Waals surface area contributed by atoms with E-state index in [0.29, 0.717) is 17.0 Å². The Balaban J connectivity index is 2.51. The lowest BCUT2D eigenvalue weighted by atomic mass is 10.1. The van der Waals surface area contributed by atoms with Gasteiger partial charge in [-0.25, -0.2) is 9.78 Å². The minimum atomic E-state index is -1.04. The number of carbonyl (C=O) groups is 1. The molecule has 1 N–H and O–H groups in total. The van der Waals surface area contributed by atoms with Crippen LogP contribution in [0.3, 0.4) is 0 Å². The molecular formula is C11H9NO4. The number of hydrogen-bond donors (Lipinski definition) is 1. The third-order valence-electron chi connectivity index (χ3n) is 2.16. The molecule has 0 fully saturated rings. The number of ether oxygens (including phenoxy) is 1. The number of hydrogen-bond acceptors (Lipinski definition) is 4. The summed E-state index contributed by atoms with van der Waals surface area (Å²) in [6.07, 6.45) is 2.74. The third kappa shape index (κ3) is 1.75. The van der Waals surface area contributed by atoms with Gasteiger partial charge in [0.15, 0.2) is 6.39 Å². The van der Waals surface area contributed by atoms with Gasteiger partial charge in [0.2, 0.25) is 0 Å². The van der Waals surface area contributed by atoms with Crippen molar-refractivity contribution in [1.29, 1.82) is 0 Å². The van der Waals surface area contributed by atoms with Gasteiger partial charge in [-0.3, -0.25) is 0 Å².